The molecule has 0 saturated carbocycles. The molecule has 0 amide bonds. The third kappa shape index (κ3) is 3.03. The van der Waals surface area contributed by atoms with Crippen molar-refractivity contribution >= 4 is 42.5 Å². The van der Waals surface area contributed by atoms with E-state index in [4.69, 9.17) is 0 Å². The third-order valence-corrected chi connectivity index (χ3v) is 4.65. The van der Waals surface area contributed by atoms with Gasteiger partial charge in [-0.25, -0.2) is 18.4 Å². The highest BCUT2D eigenvalue weighted by Crippen LogP contribution is 2.20. The number of halogens is 1. The van der Waals surface area contributed by atoms with Crippen molar-refractivity contribution in [2.24, 2.45) is 0 Å². The molecule has 0 spiro atoms. The predicted octanol–water partition coefficient (Wildman–Crippen LogP) is 3.19. The molecule has 106 valence electrons. The third-order valence-electron chi connectivity index (χ3n) is 2.89. The molecule has 0 saturated heterocycles. The molecule has 0 fully saturated rings. The molecular formula is C14H10BrN3O2S. The highest BCUT2D eigenvalue weighted by Gasteiger charge is 2.15. The van der Waals surface area contributed by atoms with E-state index in [0.717, 1.165) is 10.8 Å². The highest BCUT2D eigenvalue weighted by molar-refractivity contribution is 9.10. The Morgan fingerprint density at radius 1 is 0.952 bits per heavy atom. The van der Waals surface area contributed by atoms with Gasteiger partial charge in [0.15, 0.2) is 5.82 Å². The Balaban J connectivity index is 1.97. The SMILES string of the molecule is O=S(=O)(Nc1cnc(Br)cn1)c1ccc2ccccc2c1. The molecule has 0 radical (unpaired) electrons. The number of nitrogens with zero attached hydrogens (tertiary/aromatic N) is 2. The van der Waals surface area contributed by atoms with Crippen molar-refractivity contribution in [3.8, 4) is 0 Å². The summed E-state index contributed by atoms with van der Waals surface area (Å²) in [4.78, 5) is 8.07. The van der Waals surface area contributed by atoms with Gasteiger partial charge in [-0.1, -0.05) is 30.3 Å². The topological polar surface area (TPSA) is 72.0 Å². The van der Waals surface area contributed by atoms with Gasteiger partial charge >= 0.3 is 0 Å². The minimum absolute atomic E-state index is 0.173. The number of nitrogens with one attached hydrogen (secondary N) is 1. The van der Waals surface area contributed by atoms with Gasteiger partial charge < -0.3 is 0 Å². The summed E-state index contributed by atoms with van der Waals surface area (Å²) in [6.45, 7) is 0. The largest absolute Gasteiger partial charge is 0.263 e. The molecule has 1 N–H and O–H groups in total. The Bertz CT molecular complexity index is 895. The van der Waals surface area contributed by atoms with Gasteiger partial charge in [0.2, 0.25) is 0 Å². The van der Waals surface area contributed by atoms with Crippen LogP contribution in [0, 0.1) is 0 Å². The van der Waals surface area contributed by atoms with E-state index < -0.39 is 10.0 Å². The number of rotatable bonds is 3. The van der Waals surface area contributed by atoms with Crippen molar-refractivity contribution in [3.05, 3.63) is 59.5 Å². The van der Waals surface area contributed by atoms with Gasteiger partial charge in [0.05, 0.1) is 17.3 Å². The van der Waals surface area contributed by atoms with Crippen LogP contribution in [-0.2, 0) is 10.0 Å². The maximum atomic E-state index is 12.3. The molecule has 1 aromatic heterocycles. The lowest BCUT2D eigenvalue weighted by Gasteiger charge is -2.08. The van der Waals surface area contributed by atoms with E-state index in [-0.39, 0.29) is 10.7 Å². The summed E-state index contributed by atoms with van der Waals surface area (Å²) in [6, 6.07) is 12.5. The number of aromatic nitrogens is 2. The van der Waals surface area contributed by atoms with Gasteiger partial charge in [-0.15, -0.1) is 0 Å². The second-order valence-electron chi connectivity index (χ2n) is 4.34. The Labute approximate surface area is 130 Å². The van der Waals surface area contributed by atoms with Crippen LogP contribution in [0.3, 0.4) is 0 Å². The zero-order valence-corrected chi connectivity index (χ0v) is 13.1. The summed E-state index contributed by atoms with van der Waals surface area (Å²) < 4.78 is 27.6. The number of sulfonamides is 1. The van der Waals surface area contributed by atoms with Crippen LogP contribution in [0.4, 0.5) is 5.82 Å². The van der Waals surface area contributed by atoms with Gasteiger partial charge in [-0.2, -0.15) is 0 Å². The van der Waals surface area contributed by atoms with Gasteiger partial charge in [-0.3, -0.25) is 4.72 Å². The van der Waals surface area contributed by atoms with Gasteiger partial charge in [0, 0.05) is 0 Å². The van der Waals surface area contributed by atoms with E-state index in [1.165, 1.54) is 12.4 Å². The monoisotopic (exact) mass is 363 g/mol. The summed E-state index contributed by atoms with van der Waals surface area (Å²) in [5.41, 5.74) is 0. The second kappa shape index (κ2) is 5.42. The first-order valence-electron chi connectivity index (χ1n) is 6.04. The van der Waals surface area contributed by atoms with E-state index in [1.54, 1.807) is 18.2 Å². The van der Waals surface area contributed by atoms with Crippen LogP contribution >= 0.6 is 15.9 Å². The zero-order chi connectivity index (χ0) is 14.9. The van der Waals surface area contributed by atoms with Crippen molar-refractivity contribution < 1.29 is 8.42 Å². The molecule has 0 aliphatic carbocycles. The lowest BCUT2D eigenvalue weighted by atomic mass is 10.1. The molecule has 3 rings (SSSR count). The Hall–Kier alpha value is -1.99. The Kier molecular flexibility index (Phi) is 3.60. The lowest BCUT2D eigenvalue weighted by Crippen LogP contribution is -2.14. The first-order chi connectivity index (χ1) is 10.0. The van der Waals surface area contributed by atoms with Crippen LogP contribution < -0.4 is 4.72 Å². The molecule has 21 heavy (non-hydrogen) atoms. The van der Waals surface area contributed by atoms with Crippen molar-refractivity contribution in [3.63, 3.8) is 0 Å². The van der Waals surface area contributed by atoms with E-state index in [2.05, 4.69) is 30.6 Å². The van der Waals surface area contributed by atoms with Crippen molar-refractivity contribution in [1.82, 2.24) is 9.97 Å². The average Bonchev–Trinajstić information content (AvgIpc) is 2.49. The summed E-state index contributed by atoms with van der Waals surface area (Å²) in [7, 11) is -3.69. The first-order valence-corrected chi connectivity index (χ1v) is 8.31. The van der Waals surface area contributed by atoms with Gasteiger partial charge in [0.1, 0.15) is 4.60 Å². The van der Waals surface area contributed by atoms with Crippen LogP contribution in [0.15, 0.2) is 64.4 Å². The Morgan fingerprint density at radius 2 is 1.71 bits per heavy atom. The van der Waals surface area contributed by atoms with Crippen LogP contribution in [-0.4, -0.2) is 18.4 Å². The van der Waals surface area contributed by atoms with Gasteiger partial charge in [-0.05, 0) is 38.8 Å². The lowest BCUT2D eigenvalue weighted by molar-refractivity contribution is 0.601. The maximum absolute atomic E-state index is 12.3. The molecule has 1 heterocycles. The molecule has 2 aromatic carbocycles. The highest BCUT2D eigenvalue weighted by atomic mass is 79.9. The quantitative estimate of drug-likeness (QED) is 0.775. The van der Waals surface area contributed by atoms with E-state index in [1.807, 2.05) is 24.3 Å². The minimum Gasteiger partial charge on any atom is -0.262 e. The second-order valence-corrected chi connectivity index (χ2v) is 6.83. The number of fused-ring (bicyclic) bond motifs is 1. The van der Waals surface area contributed by atoms with Crippen LogP contribution in [0.5, 0.6) is 0 Å². The fraction of sp³-hybridized carbons (Fsp3) is 0. The van der Waals surface area contributed by atoms with Gasteiger partial charge in [0.25, 0.3) is 10.0 Å². The normalized spacial score (nSPS) is 11.5. The minimum atomic E-state index is -3.69. The smallest absolute Gasteiger partial charge is 0.262 e. The Morgan fingerprint density at radius 3 is 2.43 bits per heavy atom. The van der Waals surface area contributed by atoms with Crippen LogP contribution in [0.1, 0.15) is 0 Å². The number of anilines is 1. The zero-order valence-electron chi connectivity index (χ0n) is 10.7. The van der Waals surface area contributed by atoms with E-state index >= 15 is 0 Å². The number of hydrogen-bond acceptors (Lipinski definition) is 4. The summed E-state index contributed by atoms with van der Waals surface area (Å²) in [5.74, 6) is 0.173. The summed E-state index contributed by atoms with van der Waals surface area (Å²) in [6.07, 6.45) is 2.78. The molecule has 0 unspecified atom stereocenters. The maximum Gasteiger partial charge on any atom is 0.263 e. The van der Waals surface area contributed by atoms with E-state index in [9.17, 15) is 8.42 Å². The molecule has 5 nitrogen and oxygen atoms in total. The fourth-order valence-electron chi connectivity index (χ4n) is 1.90. The molecule has 0 atom stereocenters. The summed E-state index contributed by atoms with van der Waals surface area (Å²) in [5, 5.41) is 1.85. The van der Waals surface area contributed by atoms with Crippen molar-refractivity contribution in [1.29, 1.82) is 0 Å². The average molecular weight is 364 g/mol. The van der Waals surface area contributed by atoms with Crippen LogP contribution in [0.2, 0.25) is 0 Å². The molecule has 0 aliphatic rings. The van der Waals surface area contributed by atoms with Crippen molar-refractivity contribution in [2.45, 2.75) is 4.90 Å². The number of benzene rings is 2. The molecule has 0 bridgehead atoms. The molecule has 3 aromatic rings. The van der Waals surface area contributed by atoms with Crippen molar-refractivity contribution in [2.75, 3.05) is 4.72 Å². The molecule has 7 heteroatoms. The molecule has 0 aliphatic heterocycles. The first kappa shape index (κ1) is 14.0. The molecular weight excluding hydrogens is 354 g/mol. The number of hydrogen-bond donors (Lipinski definition) is 1. The predicted molar refractivity (Wildman–Crippen MR) is 84.5 cm³/mol. The van der Waals surface area contributed by atoms with Crippen LogP contribution in [0.25, 0.3) is 10.8 Å². The van der Waals surface area contributed by atoms with E-state index in [0.29, 0.717) is 4.60 Å². The standard InChI is InChI=1S/C14H10BrN3O2S/c15-13-8-17-14(9-16-13)18-21(19,20)12-6-5-10-3-1-2-4-11(10)7-12/h1-9H,(H,17,18). The summed E-state index contributed by atoms with van der Waals surface area (Å²) >= 11 is 3.15. The fourth-order valence-corrected chi connectivity index (χ4v) is 3.13.